The highest BCUT2D eigenvalue weighted by molar-refractivity contribution is 5.93. The number of anilines is 1. The second-order valence-corrected chi connectivity index (χ2v) is 5.31. The molecular weight excluding hydrogens is 318 g/mol. The van der Waals surface area contributed by atoms with E-state index in [1.807, 2.05) is 0 Å². The lowest BCUT2D eigenvalue weighted by atomic mass is 9.97. The zero-order valence-electron chi connectivity index (χ0n) is 12.0. The number of hydrogen-bond donors (Lipinski definition) is 2. The highest BCUT2D eigenvalue weighted by atomic mass is 19.4. The van der Waals surface area contributed by atoms with Crippen LogP contribution in [0.3, 0.4) is 0 Å². The van der Waals surface area contributed by atoms with E-state index in [0.717, 1.165) is 0 Å². The van der Waals surface area contributed by atoms with E-state index < -0.39 is 41.1 Å². The maximum atomic E-state index is 13.6. The molecule has 0 spiro atoms. The van der Waals surface area contributed by atoms with Gasteiger partial charge in [-0.2, -0.15) is 13.2 Å². The fraction of sp³-hybridized carbons (Fsp3) is 0.429. The van der Waals surface area contributed by atoms with Crippen LogP contribution in [-0.4, -0.2) is 29.9 Å². The van der Waals surface area contributed by atoms with Gasteiger partial charge >= 0.3 is 12.2 Å². The standard InChI is InChI=1S/C14H15F4N3O2/c15-10-4-3-9(14(16,17)18)6-11(10)20-12(22)8-2-1-5-21(7-8)13(19)23/h3-4,6,8H,1-2,5,7H2,(H2,19,23)(H,20,22). The molecule has 1 aliphatic rings. The number of amides is 3. The number of nitrogens with zero attached hydrogens (tertiary/aromatic N) is 1. The number of nitrogens with one attached hydrogen (secondary N) is 1. The molecular formula is C14H15F4N3O2. The molecule has 5 nitrogen and oxygen atoms in total. The van der Waals surface area contributed by atoms with Crippen molar-refractivity contribution in [2.75, 3.05) is 18.4 Å². The summed E-state index contributed by atoms with van der Waals surface area (Å²) < 4.78 is 51.5. The molecule has 1 saturated heterocycles. The Labute approximate surface area is 129 Å². The van der Waals surface area contributed by atoms with E-state index in [9.17, 15) is 27.2 Å². The number of nitrogens with two attached hydrogens (primary N) is 1. The molecule has 23 heavy (non-hydrogen) atoms. The second-order valence-electron chi connectivity index (χ2n) is 5.31. The van der Waals surface area contributed by atoms with Crippen molar-refractivity contribution in [3.8, 4) is 0 Å². The van der Waals surface area contributed by atoms with Gasteiger partial charge in [0.05, 0.1) is 17.2 Å². The quantitative estimate of drug-likeness (QED) is 0.816. The molecule has 1 heterocycles. The van der Waals surface area contributed by atoms with Crippen molar-refractivity contribution in [1.29, 1.82) is 0 Å². The van der Waals surface area contributed by atoms with E-state index in [-0.39, 0.29) is 6.54 Å². The van der Waals surface area contributed by atoms with Crippen LogP contribution in [0.5, 0.6) is 0 Å². The third kappa shape index (κ3) is 4.11. The number of benzene rings is 1. The van der Waals surface area contributed by atoms with Crippen molar-refractivity contribution >= 4 is 17.6 Å². The van der Waals surface area contributed by atoms with Gasteiger partial charge in [0.15, 0.2) is 0 Å². The lowest BCUT2D eigenvalue weighted by Crippen LogP contribution is -2.46. The van der Waals surface area contributed by atoms with Crippen molar-refractivity contribution in [3.63, 3.8) is 0 Å². The first-order chi connectivity index (χ1) is 10.7. The lowest BCUT2D eigenvalue weighted by Gasteiger charge is -2.30. The van der Waals surface area contributed by atoms with Crippen LogP contribution >= 0.6 is 0 Å². The number of carbonyl (C=O) groups is 2. The first-order valence-corrected chi connectivity index (χ1v) is 6.90. The Hall–Kier alpha value is -2.32. The number of likely N-dealkylation sites (tertiary alicyclic amines) is 1. The third-order valence-electron chi connectivity index (χ3n) is 3.66. The molecule has 3 N–H and O–H groups in total. The van der Waals surface area contributed by atoms with Gasteiger partial charge in [-0.05, 0) is 31.0 Å². The van der Waals surface area contributed by atoms with Gasteiger partial charge < -0.3 is 16.0 Å². The summed E-state index contributed by atoms with van der Waals surface area (Å²) in [6.45, 7) is 0.471. The summed E-state index contributed by atoms with van der Waals surface area (Å²) in [6.07, 6.45) is -3.66. The fourth-order valence-electron chi connectivity index (χ4n) is 2.42. The monoisotopic (exact) mass is 333 g/mol. The van der Waals surface area contributed by atoms with Crippen molar-refractivity contribution in [2.45, 2.75) is 19.0 Å². The molecule has 1 aromatic rings. The third-order valence-corrected chi connectivity index (χ3v) is 3.66. The fourth-order valence-corrected chi connectivity index (χ4v) is 2.42. The van der Waals surface area contributed by atoms with Crippen LogP contribution in [-0.2, 0) is 11.0 Å². The Kier molecular flexibility index (Phi) is 4.76. The van der Waals surface area contributed by atoms with Gasteiger partial charge in [0.25, 0.3) is 0 Å². The molecule has 1 unspecified atom stereocenters. The minimum Gasteiger partial charge on any atom is -0.351 e. The molecule has 2 rings (SSSR count). The maximum absolute atomic E-state index is 13.6. The number of halogens is 4. The van der Waals surface area contributed by atoms with Crippen molar-refractivity contribution < 1.29 is 27.2 Å². The number of piperidine rings is 1. The van der Waals surface area contributed by atoms with E-state index in [0.29, 0.717) is 37.6 Å². The van der Waals surface area contributed by atoms with E-state index in [1.165, 1.54) is 4.90 Å². The molecule has 126 valence electrons. The second kappa shape index (κ2) is 6.43. The average molecular weight is 333 g/mol. The molecule has 0 aromatic heterocycles. The molecule has 9 heteroatoms. The smallest absolute Gasteiger partial charge is 0.351 e. The summed E-state index contributed by atoms with van der Waals surface area (Å²) in [5.41, 5.74) is 3.54. The first-order valence-electron chi connectivity index (χ1n) is 6.90. The minimum atomic E-state index is -4.64. The number of carbonyl (C=O) groups excluding carboxylic acids is 2. The maximum Gasteiger partial charge on any atom is 0.416 e. The number of hydrogen-bond acceptors (Lipinski definition) is 2. The van der Waals surface area contributed by atoms with Crippen LogP contribution in [0.1, 0.15) is 18.4 Å². The van der Waals surface area contributed by atoms with Crippen LogP contribution in [0.25, 0.3) is 0 Å². The molecule has 1 fully saturated rings. The predicted molar refractivity (Wildman–Crippen MR) is 73.9 cm³/mol. The van der Waals surface area contributed by atoms with Crippen molar-refractivity contribution in [3.05, 3.63) is 29.6 Å². The number of rotatable bonds is 2. The summed E-state index contributed by atoms with van der Waals surface area (Å²) >= 11 is 0. The van der Waals surface area contributed by atoms with E-state index in [2.05, 4.69) is 5.32 Å². The van der Waals surface area contributed by atoms with Gasteiger partial charge in [0, 0.05) is 13.1 Å². The molecule has 1 aliphatic heterocycles. The van der Waals surface area contributed by atoms with Crippen molar-refractivity contribution in [2.24, 2.45) is 11.7 Å². The van der Waals surface area contributed by atoms with Crippen LogP contribution in [0, 0.1) is 11.7 Å². The summed E-state index contributed by atoms with van der Waals surface area (Å²) in [7, 11) is 0. The van der Waals surface area contributed by atoms with Crippen LogP contribution in [0.15, 0.2) is 18.2 Å². The largest absolute Gasteiger partial charge is 0.416 e. The van der Waals surface area contributed by atoms with Gasteiger partial charge in [0.2, 0.25) is 5.91 Å². The van der Waals surface area contributed by atoms with Gasteiger partial charge in [-0.3, -0.25) is 4.79 Å². The van der Waals surface area contributed by atoms with Gasteiger partial charge in [-0.25, -0.2) is 9.18 Å². The average Bonchev–Trinajstić information content (AvgIpc) is 2.48. The van der Waals surface area contributed by atoms with Crippen LogP contribution in [0.2, 0.25) is 0 Å². The topological polar surface area (TPSA) is 75.4 Å². The molecule has 1 atom stereocenters. The number of primary amides is 1. The van der Waals surface area contributed by atoms with Crippen LogP contribution < -0.4 is 11.1 Å². The Morgan fingerprint density at radius 3 is 2.61 bits per heavy atom. The van der Waals surface area contributed by atoms with Crippen molar-refractivity contribution in [1.82, 2.24) is 4.90 Å². The van der Waals surface area contributed by atoms with Gasteiger partial charge in [-0.15, -0.1) is 0 Å². The zero-order chi connectivity index (χ0) is 17.2. The Morgan fingerprint density at radius 1 is 1.30 bits per heavy atom. The Morgan fingerprint density at radius 2 is 2.00 bits per heavy atom. The van der Waals surface area contributed by atoms with Crippen LogP contribution in [0.4, 0.5) is 28.0 Å². The normalized spacial score (nSPS) is 18.6. The predicted octanol–water partition coefficient (Wildman–Crippen LogP) is 2.57. The number of urea groups is 1. The molecule has 1 aromatic carbocycles. The lowest BCUT2D eigenvalue weighted by molar-refractivity contribution is -0.137. The minimum absolute atomic E-state index is 0.0573. The van der Waals surface area contributed by atoms with E-state index >= 15 is 0 Å². The highest BCUT2D eigenvalue weighted by Crippen LogP contribution is 2.32. The van der Waals surface area contributed by atoms with Gasteiger partial charge in [0.1, 0.15) is 5.82 Å². The van der Waals surface area contributed by atoms with E-state index in [1.54, 1.807) is 0 Å². The molecule has 3 amide bonds. The molecule has 0 radical (unpaired) electrons. The summed E-state index contributed by atoms with van der Waals surface area (Å²) in [5, 5.41) is 2.16. The molecule has 0 bridgehead atoms. The summed E-state index contributed by atoms with van der Waals surface area (Å²) in [5.74, 6) is -2.26. The van der Waals surface area contributed by atoms with Gasteiger partial charge in [-0.1, -0.05) is 0 Å². The number of alkyl halides is 3. The zero-order valence-corrected chi connectivity index (χ0v) is 12.0. The van der Waals surface area contributed by atoms with E-state index in [4.69, 9.17) is 5.73 Å². The Balaban J connectivity index is 2.12. The summed E-state index contributed by atoms with van der Waals surface area (Å²) in [6, 6.07) is 1.12. The SMILES string of the molecule is NC(=O)N1CCCC(C(=O)Nc2cc(C(F)(F)F)ccc2F)C1. The summed E-state index contributed by atoms with van der Waals surface area (Å²) in [4.78, 5) is 24.5. The Bertz CT molecular complexity index is 619. The highest BCUT2D eigenvalue weighted by Gasteiger charge is 2.32. The first kappa shape index (κ1) is 17.0. The molecule has 0 aliphatic carbocycles. The molecule has 0 saturated carbocycles.